The first kappa shape index (κ1) is 25.5. The van der Waals surface area contributed by atoms with E-state index in [1.165, 1.54) is 58.4 Å². The summed E-state index contributed by atoms with van der Waals surface area (Å²) in [5.41, 5.74) is 8.33. The van der Waals surface area contributed by atoms with E-state index in [9.17, 15) is 0 Å². The molecule has 3 heterocycles. The predicted molar refractivity (Wildman–Crippen MR) is 195 cm³/mol. The molecule has 0 aliphatic rings. The highest BCUT2D eigenvalue weighted by molar-refractivity contribution is 7.27. The molecule has 0 spiro atoms. The summed E-state index contributed by atoms with van der Waals surface area (Å²) in [5, 5.41) is 7.60. The molecule has 46 heavy (non-hydrogen) atoms. The van der Waals surface area contributed by atoms with Gasteiger partial charge in [0.1, 0.15) is 5.69 Å². The Bertz CT molecular complexity index is 2790. The summed E-state index contributed by atoms with van der Waals surface area (Å²) in [7, 11) is 0. The summed E-state index contributed by atoms with van der Waals surface area (Å²) in [6.07, 6.45) is 0. The largest absolute Gasteiger partial charge is 0.290 e. The minimum Gasteiger partial charge on any atom is -0.290 e. The van der Waals surface area contributed by atoms with Crippen molar-refractivity contribution in [2.45, 2.75) is 0 Å². The van der Waals surface area contributed by atoms with Crippen LogP contribution in [0.2, 0.25) is 0 Å². The van der Waals surface area contributed by atoms with Crippen molar-refractivity contribution in [3.05, 3.63) is 152 Å². The maximum atomic E-state index is 5.42. The van der Waals surface area contributed by atoms with Gasteiger partial charge in [-0.2, -0.15) is 0 Å². The first-order chi connectivity index (χ1) is 22.8. The van der Waals surface area contributed by atoms with Gasteiger partial charge in [0.25, 0.3) is 0 Å². The second kappa shape index (κ2) is 9.83. The predicted octanol–water partition coefficient (Wildman–Crippen LogP) is 11.6. The summed E-state index contributed by atoms with van der Waals surface area (Å²) in [5.74, 6) is 0.839. The van der Waals surface area contributed by atoms with Gasteiger partial charge < -0.3 is 0 Å². The van der Waals surface area contributed by atoms with E-state index in [4.69, 9.17) is 9.97 Å². The molecule has 0 saturated heterocycles. The lowest BCUT2D eigenvalue weighted by molar-refractivity contribution is 1.08. The van der Waals surface area contributed by atoms with Gasteiger partial charge in [-0.3, -0.25) is 4.57 Å². The number of fused-ring (bicyclic) bond motifs is 11. The van der Waals surface area contributed by atoms with Crippen molar-refractivity contribution in [2.24, 2.45) is 0 Å². The Morgan fingerprint density at radius 1 is 0.435 bits per heavy atom. The van der Waals surface area contributed by atoms with Crippen molar-refractivity contribution in [1.29, 1.82) is 0 Å². The Hall–Kier alpha value is -5.84. The van der Waals surface area contributed by atoms with Crippen LogP contribution in [0.4, 0.5) is 0 Å². The zero-order valence-electron chi connectivity index (χ0n) is 24.7. The summed E-state index contributed by atoms with van der Waals surface area (Å²) in [6.45, 7) is 0. The SMILES string of the molecule is c1ccc(-c2ccc(-c3nc4ccccc4nc3-n3c4ccccc4c4c5ccccc5c5c6ccccc6sc5c43)cc2)cc1. The van der Waals surface area contributed by atoms with Crippen molar-refractivity contribution in [3.63, 3.8) is 0 Å². The van der Waals surface area contributed by atoms with E-state index in [1.807, 2.05) is 23.5 Å². The van der Waals surface area contributed by atoms with E-state index in [-0.39, 0.29) is 0 Å². The number of aromatic nitrogens is 3. The van der Waals surface area contributed by atoms with E-state index >= 15 is 0 Å². The molecular weight excluding hydrogens is 579 g/mol. The third-order valence-electron chi connectivity index (χ3n) is 9.18. The number of nitrogens with zero attached hydrogens (tertiary/aromatic N) is 3. The summed E-state index contributed by atoms with van der Waals surface area (Å²) in [4.78, 5) is 10.7. The number of para-hydroxylation sites is 3. The van der Waals surface area contributed by atoms with Crippen LogP contribution < -0.4 is 0 Å². The molecule has 10 rings (SSSR count). The fraction of sp³-hybridized carbons (Fsp3) is 0. The summed E-state index contributed by atoms with van der Waals surface area (Å²) in [6, 6.07) is 53.8. The quantitative estimate of drug-likeness (QED) is 0.201. The maximum absolute atomic E-state index is 5.42. The molecule has 0 aliphatic carbocycles. The summed E-state index contributed by atoms with van der Waals surface area (Å²) < 4.78 is 4.94. The summed E-state index contributed by atoms with van der Waals surface area (Å²) >= 11 is 1.87. The molecule has 0 unspecified atom stereocenters. The van der Waals surface area contributed by atoms with Crippen LogP contribution in [0.15, 0.2) is 152 Å². The second-order valence-corrected chi connectivity index (χ2v) is 12.8. The molecule has 0 fully saturated rings. The number of rotatable bonds is 3. The van der Waals surface area contributed by atoms with E-state index < -0.39 is 0 Å². The van der Waals surface area contributed by atoms with Gasteiger partial charge in [-0.15, -0.1) is 11.3 Å². The molecule has 3 nitrogen and oxygen atoms in total. The molecule has 0 N–H and O–H groups in total. The van der Waals surface area contributed by atoms with E-state index in [0.29, 0.717) is 0 Å². The molecule has 4 heteroatoms. The van der Waals surface area contributed by atoms with Gasteiger partial charge in [0, 0.05) is 31.8 Å². The van der Waals surface area contributed by atoms with Crippen LogP contribution in [0.5, 0.6) is 0 Å². The van der Waals surface area contributed by atoms with Gasteiger partial charge in [0.15, 0.2) is 5.82 Å². The Labute approximate surface area is 268 Å². The van der Waals surface area contributed by atoms with Gasteiger partial charge in [0.05, 0.1) is 26.8 Å². The van der Waals surface area contributed by atoms with Gasteiger partial charge in [0.2, 0.25) is 0 Å². The van der Waals surface area contributed by atoms with E-state index in [0.717, 1.165) is 33.6 Å². The topological polar surface area (TPSA) is 30.7 Å². The second-order valence-electron chi connectivity index (χ2n) is 11.8. The fourth-order valence-corrected chi connectivity index (χ4v) is 8.40. The number of thiophene rings is 1. The van der Waals surface area contributed by atoms with Gasteiger partial charge in [-0.1, -0.05) is 127 Å². The molecule has 0 bridgehead atoms. The highest BCUT2D eigenvalue weighted by Gasteiger charge is 2.24. The van der Waals surface area contributed by atoms with E-state index in [1.54, 1.807) is 0 Å². The Kier molecular flexibility index (Phi) is 5.45. The third kappa shape index (κ3) is 3.65. The molecule has 10 aromatic rings. The Morgan fingerprint density at radius 3 is 1.78 bits per heavy atom. The average Bonchev–Trinajstić information content (AvgIpc) is 3.69. The maximum Gasteiger partial charge on any atom is 0.165 e. The Balaban J connectivity index is 1.37. The molecular formula is C42H25N3S. The lowest BCUT2D eigenvalue weighted by Gasteiger charge is -2.15. The van der Waals surface area contributed by atoms with Crippen LogP contribution in [-0.4, -0.2) is 14.5 Å². The van der Waals surface area contributed by atoms with Crippen LogP contribution in [0, 0.1) is 0 Å². The highest BCUT2D eigenvalue weighted by atomic mass is 32.1. The first-order valence-corrected chi connectivity index (χ1v) is 16.3. The van der Waals surface area contributed by atoms with Crippen molar-refractivity contribution in [2.75, 3.05) is 0 Å². The Morgan fingerprint density at radius 2 is 1.00 bits per heavy atom. The van der Waals surface area contributed by atoms with Crippen LogP contribution in [0.1, 0.15) is 0 Å². The third-order valence-corrected chi connectivity index (χ3v) is 10.4. The minimum atomic E-state index is 0.839. The van der Waals surface area contributed by atoms with Crippen LogP contribution >= 0.6 is 11.3 Å². The molecule has 7 aromatic carbocycles. The van der Waals surface area contributed by atoms with Crippen LogP contribution in [-0.2, 0) is 0 Å². The van der Waals surface area contributed by atoms with Crippen molar-refractivity contribution in [1.82, 2.24) is 14.5 Å². The smallest absolute Gasteiger partial charge is 0.165 e. The van der Waals surface area contributed by atoms with Crippen molar-refractivity contribution < 1.29 is 0 Å². The zero-order valence-corrected chi connectivity index (χ0v) is 25.5. The molecule has 0 aliphatic heterocycles. The van der Waals surface area contributed by atoms with Gasteiger partial charge in [-0.25, -0.2) is 9.97 Å². The zero-order chi connectivity index (χ0) is 30.2. The molecule has 214 valence electrons. The molecule has 3 aromatic heterocycles. The minimum absolute atomic E-state index is 0.839. The van der Waals surface area contributed by atoms with Crippen molar-refractivity contribution in [3.8, 4) is 28.2 Å². The van der Waals surface area contributed by atoms with E-state index in [2.05, 4.69) is 144 Å². The fourth-order valence-electron chi connectivity index (χ4n) is 7.14. The highest BCUT2D eigenvalue weighted by Crippen LogP contribution is 2.48. The van der Waals surface area contributed by atoms with Gasteiger partial charge in [-0.05, 0) is 46.2 Å². The normalized spacial score (nSPS) is 11.9. The lowest BCUT2D eigenvalue weighted by Crippen LogP contribution is -2.03. The molecule has 0 saturated carbocycles. The monoisotopic (exact) mass is 603 g/mol. The average molecular weight is 604 g/mol. The molecule has 0 atom stereocenters. The standard InChI is InChI=1S/C42H25N3S/c1-2-12-26(13-3-1)27-22-24-28(25-23-27)39-42(44-34-19-9-8-18-33(34)43-39)45-35-20-10-6-16-31(35)37-29-14-4-5-15-30(29)38-32-17-7-11-21-36(32)46-41(38)40(37)45/h1-25H. The molecule has 0 radical (unpaired) electrons. The lowest BCUT2D eigenvalue weighted by atomic mass is 9.99. The first-order valence-electron chi connectivity index (χ1n) is 15.5. The van der Waals surface area contributed by atoms with Gasteiger partial charge >= 0.3 is 0 Å². The molecule has 0 amide bonds. The number of hydrogen-bond acceptors (Lipinski definition) is 3. The number of hydrogen-bond donors (Lipinski definition) is 0. The van der Waals surface area contributed by atoms with Crippen LogP contribution in [0.25, 0.3) is 92.0 Å². The number of benzene rings is 7. The van der Waals surface area contributed by atoms with Crippen molar-refractivity contribution >= 4 is 75.1 Å². The van der Waals surface area contributed by atoms with Crippen LogP contribution in [0.3, 0.4) is 0 Å².